The molecule has 3 aromatic carbocycles. The van der Waals surface area contributed by atoms with E-state index in [0.717, 1.165) is 28.2 Å². The number of hydrogen-bond donors (Lipinski definition) is 1. The van der Waals surface area contributed by atoms with Gasteiger partial charge in [0, 0.05) is 18.9 Å². The average molecular weight is 390 g/mol. The van der Waals surface area contributed by atoms with E-state index in [1.807, 2.05) is 42.5 Å². The lowest BCUT2D eigenvalue weighted by molar-refractivity contribution is 0.0511. The molecule has 0 bridgehead atoms. The second kappa shape index (κ2) is 8.68. The van der Waals surface area contributed by atoms with E-state index < -0.39 is 6.10 Å². The molecule has 0 saturated heterocycles. The monoisotopic (exact) mass is 390 g/mol. The van der Waals surface area contributed by atoms with E-state index in [0.29, 0.717) is 6.42 Å². The first-order valence-corrected chi connectivity index (χ1v) is 9.82. The molecule has 150 valence electrons. The Morgan fingerprint density at radius 3 is 2.28 bits per heavy atom. The van der Waals surface area contributed by atoms with E-state index >= 15 is 0 Å². The van der Waals surface area contributed by atoms with E-state index in [4.69, 9.17) is 14.2 Å². The standard InChI is InChI=1S/C25H26O4/c1-27-16-29-20-10-8-18(9-11-20)24-22-13-12-21(28-2)14-19(22)15-23(26)25(24)17-6-4-3-5-7-17/h3-14,23-26H,15-16H2,1-2H3/t23-,24-,25+/m0/s1. The van der Waals surface area contributed by atoms with Gasteiger partial charge in [-0.2, -0.15) is 0 Å². The van der Waals surface area contributed by atoms with Crippen LogP contribution in [0.5, 0.6) is 11.5 Å². The molecule has 4 nitrogen and oxygen atoms in total. The average Bonchev–Trinajstić information content (AvgIpc) is 2.77. The molecule has 0 amide bonds. The molecular weight excluding hydrogens is 364 g/mol. The number of hydrogen-bond acceptors (Lipinski definition) is 4. The summed E-state index contributed by atoms with van der Waals surface area (Å²) in [5, 5.41) is 11.2. The highest BCUT2D eigenvalue weighted by atomic mass is 16.7. The predicted octanol–water partition coefficient (Wildman–Crippen LogP) is 4.51. The van der Waals surface area contributed by atoms with E-state index in [2.05, 4.69) is 30.3 Å². The van der Waals surface area contributed by atoms with Gasteiger partial charge in [0.2, 0.25) is 0 Å². The first-order valence-electron chi connectivity index (χ1n) is 9.82. The highest BCUT2D eigenvalue weighted by molar-refractivity contribution is 5.49. The van der Waals surface area contributed by atoms with Gasteiger partial charge in [0.25, 0.3) is 0 Å². The quantitative estimate of drug-likeness (QED) is 0.629. The number of ether oxygens (including phenoxy) is 3. The van der Waals surface area contributed by atoms with Crippen LogP contribution < -0.4 is 9.47 Å². The van der Waals surface area contributed by atoms with Crippen molar-refractivity contribution in [1.82, 2.24) is 0 Å². The Morgan fingerprint density at radius 2 is 1.59 bits per heavy atom. The molecule has 0 fully saturated rings. The largest absolute Gasteiger partial charge is 0.497 e. The van der Waals surface area contributed by atoms with Gasteiger partial charge in [-0.05, 0) is 52.9 Å². The van der Waals surface area contributed by atoms with Crippen LogP contribution in [-0.4, -0.2) is 32.2 Å². The Balaban J connectivity index is 1.79. The molecule has 0 aromatic heterocycles. The van der Waals surface area contributed by atoms with Crippen molar-refractivity contribution in [3.05, 3.63) is 95.1 Å². The lowest BCUT2D eigenvalue weighted by atomic mass is 9.68. The van der Waals surface area contributed by atoms with Crippen molar-refractivity contribution >= 4 is 0 Å². The van der Waals surface area contributed by atoms with Crippen LogP contribution in [0.25, 0.3) is 0 Å². The molecule has 0 heterocycles. The molecule has 29 heavy (non-hydrogen) atoms. The third kappa shape index (κ3) is 4.00. The first-order chi connectivity index (χ1) is 14.2. The van der Waals surface area contributed by atoms with Gasteiger partial charge in [-0.15, -0.1) is 0 Å². The molecule has 0 unspecified atom stereocenters. The smallest absolute Gasteiger partial charge is 0.188 e. The van der Waals surface area contributed by atoms with Crippen molar-refractivity contribution in [2.75, 3.05) is 21.0 Å². The van der Waals surface area contributed by atoms with Crippen LogP contribution >= 0.6 is 0 Å². The number of aliphatic hydroxyl groups excluding tert-OH is 1. The van der Waals surface area contributed by atoms with Crippen LogP contribution in [0.15, 0.2) is 72.8 Å². The van der Waals surface area contributed by atoms with Gasteiger partial charge in [0.15, 0.2) is 6.79 Å². The molecule has 0 radical (unpaired) electrons. The highest BCUT2D eigenvalue weighted by Crippen LogP contribution is 2.47. The number of benzene rings is 3. The molecule has 1 aliphatic carbocycles. The summed E-state index contributed by atoms with van der Waals surface area (Å²) >= 11 is 0. The van der Waals surface area contributed by atoms with E-state index in [1.54, 1.807) is 14.2 Å². The third-order valence-corrected chi connectivity index (χ3v) is 5.66. The van der Waals surface area contributed by atoms with E-state index in [9.17, 15) is 5.11 Å². The summed E-state index contributed by atoms with van der Waals surface area (Å²) in [6, 6.07) is 24.5. The zero-order valence-electron chi connectivity index (χ0n) is 16.7. The summed E-state index contributed by atoms with van der Waals surface area (Å²) in [5.74, 6) is 1.59. The summed E-state index contributed by atoms with van der Waals surface area (Å²) in [6.45, 7) is 0.219. The lowest BCUT2D eigenvalue weighted by Crippen LogP contribution is -2.32. The van der Waals surface area contributed by atoms with Gasteiger partial charge in [-0.3, -0.25) is 0 Å². The second-order valence-electron chi connectivity index (χ2n) is 7.37. The van der Waals surface area contributed by atoms with Crippen LogP contribution in [-0.2, 0) is 11.2 Å². The van der Waals surface area contributed by atoms with Crippen LogP contribution in [0, 0.1) is 0 Å². The second-order valence-corrected chi connectivity index (χ2v) is 7.37. The number of methoxy groups -OCH3 is 2. The molecule has 4 rings (SSSR count). The summed E-state index contributed by atoms with van der Waals surface area (Å²) < 4.78 is 15.9. The molecule has 3 atom stereocenters. The fourth-order valence-corrected chi connectivity index (χ4v) is 4.33. The molecule has 0 saturated carbocycles. The van der Waals surface area contributed by atoms with Crippen molar-refractivity contribution in [2.45, 2.75) is 24.4 Å². The fourth-order valence-electron chi connectivity index (χ4n) is 4.33. The zero-order valence-corrected chi connectivity index (χ0v) is 16.7. The summed E-state index contributed by atoms with van der Waals surface area (Å²) in [5.41, 5.74) is 4.66. The van der Waals surface area contributed by atoms with Crippen molar-refractivity contribution in [3.63, 3.8) is 0 Å². The minimum atomic E-state index is -0.480. The Bertz CT molecular complexity index is 937. The van der Waals surface area contributed by atoms with Crippen LogP contribution in [0.1, 0.15) is 34.1 Å². The maximum Gasteiger partial charge on any atom is 0.188 e. The van der Waals surface area contributed by atoms with Gasteiger partial charge < -0.3 is 19.3 Å². The fraction of sp³-hybridized carbons (Fsp3) is 0.280. The van der Waals surface area contributed by atoms with Gasteiger partial charge in [0.1, 0.15) is 11.5 Å². The first kappa shape index (κ1) is 19.5. The van der Waals surface area contributed by atoms with Crippen molar-refractivity contribution in [3.8, 4) is 11.5 Å². The molecule has 1 aliphatic rings. The van der Waals surface area contributed by atoms with Crippen LogP contribution in [0.2, 0.25) is 0 Å². The van der Waals surface area contributed by atoms with E-state index in [-0.39, 0.29) is 18.6 Å². The van der Waals surface area contributed by atoms with Crippen LogP contribution in [0.3, 0.4) is 0 Å². The van der Waals surface area contributed by atoms with Gasteiger partial charge in [0.05, 0.1) is 13.2 Å². The Kier molecular flexibility index (Phi) is 5.84. The number of fused-ring (bicyclic) bond motifs is 1. The van der Waals surface area contributed by atoms with Gasteiger partial charge in [-0.1, -0.05) is 48.5 Å². The maximum absolute atomic E-state index is 11.2. The minimum absolute atomic E-state index is 0.0251. The maximum atomic E-state index is 11.2. The van der Waals surface area contributed by atoms with Crippen molar-refractivity contribution in [2.24, 2.45) is 0 Å². The minimum Gasteiger partial charge on any atom is -0.497 e. The summed E-state index contributed by atoms with van der Waals surface area (Å²) in [7, 11) is 3.28. The third-order valence-electron chi connectivity index (χ3n) is 5.66. The molecule has 0 spiro atoms. The SMILES string of the molecule is COCOc1ccc([C@H]2c3ccc(OC)cc3C[C@H](O)[C@H]2c2ccccc2)cc1. The zero-order chi connectivity index (χ0) is 20.2. The lowest BCUT2D eigenvalue weighted by Gasteiger charge is -2.38. The van der Waals surface area contributed by atoms with Crippen LogP contribution in [0.4, 0.5) is 0 Å². The molecule has 4 heteroatoms. The molecule has 3 aromatic rings. The number of aliphatic hydroxyl groups is 1. The highest BCUT2D eigenvalue weighted by Gasteiger charge is 2.38. The van der Waals surface area contributed by atoms with Gasteiger partial charge >= 0.3 is 0 Å². The van der Waals surface area contributed by atoms with Crippen molar-refractivity contribution in [1.29, 1.82) is 0 Å². The normalized spacial score (nSPS) is 20.7. The Morgan fingerprint density at radius 1 is 0.862 bits per heavy atom. The topological polar surface area (TPSA) is 47.9 Å². The van der Waals surface area contributed by atoms with Gasteiger partial charge in [-0.25, -0.2) is 0 Å². The summed E-state index contributed by atoms with van der Waals surface area (Å²) in [4.78, 5) is 0. The molecule has 0 aliphatic heterocycles. The van der Waals surface area contributed by atoms with E-state index in [1.165, 1.54) is 5.56 Å². The Hall–Kier alpha value is -2.82. The molecule has 1 N–H and O–H groups in total. The number of rotatable bonds is 6. The summed E-state index contributed by atoms with van der Waals surface area (Å²) in [6.07, 6.45) is 0.129. The van der Waals surface area contributed by atoms with Crippen molar-refractivity contribution < 1.29 is 19.3 Å². The Labute approximate surface area is 171 Å². The predicted molar refractivity (Wildman–Crippen MR) is 113 cm³/mol. The molecular formula is C25H26O4.